The molecule has 1 heterocycles. The monoisotopic (exact) mass is 517 g/mol. The van der Waals surface area contributed by atoms with Crippen LogP contribution in [0.2, 0.25) is 0 Å². The summed E-state index contributed by atoms with van der Waals surface area (Å²) >= 11 is 1.34. The molecule has 10 heteroatoms. The summed E-state index contributed by atoms with van der Waals surface area (Å²) < 4.78 is 58.9. The molecule has 0 saturated carbocycles. The first-order valence-corrected chi connectivity index (χ1v) is 12.0. The third-order valence-electron chi connectivity index (χ3n) is 5.71. The number of alkyl halides is 3. The SMILES string of the molecule is CSc1cc(Oc2ccnc3c2CC(=O)C(=O)C3)ccc1CC(=O)Cc1cc(C(F)(F)F)ccc1F. The Morgan fingerprint density at radius 2 is 1.72 bits per heavy atom. The third-order valence-corrected chi connectivity index (χ3v) is 6.53. The molecule has 0 aliphatic heterocycles. The number of fused-ring (bicyclic) bond motifs is 1. The fourth-order valence-corrected chi connectivity index (χ4v) is 4.53. The fourth-order valence-electron chi connectivity index (χ4n) is 3.90. The van der Waals surface area contributed by atoms with E-state index in [1.165, 1.54) is 18.0 Å². The molecular weight excluding hydrogens is 498 g/mol. The molecule has 4 rings (SSSR count). The molecule has 1 aliphatic carbocycles. The van der Waals surface area contributed by atoms with E-state index in [9.17, 15) is 31.9 Å². The minimum Gasteiger partial charge on any atom is -0.457 e. The van der Waals surface area contributed by atoms with E-state index < -0.39 is 41.3 Å². The van der Waals surface area contributed by atoms with Crippen molar-refractivity contribution in [1.82, 2.24) is 4.98 Å². The van der Waals surface area contributed by atoms with Crippen molar-refractivity contribution >= 4 is 29.1 Å². The van der Waals surface area contributed by atoms with Crippen LogP contribution in [0.15, 0.2) is 53.6 Å². The topological polar surface area (TPSA) is 73.3 Å². The summed E-state index contributed by atoms with van der Waals surface area (Å²) in [5.74, 6) is -1.48. The lowest BCUT2D eigenvalue weighted by atomic mass is 9.93. The van der Waals surface area contributed by atoms with E-state index in [0.29, 0.717) is 51.4 Å². The first-order chi connectivity index (χ1) is 17.0. The van der Waals surface area contributed by atoms with Crippen LogP contribution in [0.3, 0.4) is 0 Å². The summed E-state index contributed by atoms with van der Waals surface area (Å²) in [7, 11) is 0. The number of ketones is 3. The molecule has 2 aromatic carbocycles. The van der Waals surface area contributed by atoms with Crippen LogP contribution < -0.4 is 4.74 Å². The normalized spacial score (nSPS) is 13.5. The molecule has 0 fully saturated rings. The van der Waals surface area contributed by atoms with Gasteiger partial charge in [-0.1, -0.05) is 6.07 Å². The summed E-state index contributed by atoms with van der Waals surface area (Å²) in [4.78, 5) is 41.0. The molecule has 3 aromatic rings. The number of carbonyl (C=O) groups excluding carboxylic acids is 3. The summed E-state index contributed by atoms with van der Waals surface area (Å²) in [6, 6.07) is 8.59. The Bertz CT molecular complexity index is 1370. The molecule has 36 heavy (non-hydrogen) atoms. The molecule has 0 amide bonds. The standard InChI is InChI=1S/C26H19F4NO4S/c1-36-25-11-18(35-24-6-7-31-21-13-23(34)22(33)12-19(21)24)4-2-14(25)9-17(32)10-15-8-16(26(28,29)30)3-5-20(15)27/h2-8,11H,9-10,12-13H2,1H3. The van der Waals surface area contributed by atoms with Crippen molar-refractivity contribution in [3.05, 3.63) is 82.4 Å². The van der Waals surface area contributed by atoms with E-state index in [2.05, 4.69) is 4.98 Å². The highest BCUT2D eigenvalue weighted by molar-refractivity contribution is 7.98. The Hall–Kier alpha value is -3.53. The van der Waals surface area contributed by atoms with Gasteiger partial charge in [0.25, 0.3) is 0 Å². The first-order valence-electron chi connectivity index (χ1n) is 10.8. The maximum atomic E-state index is 14.0. The number of hydrogen-bond acceptors (Lipinski definition) is 6. The Kier molecular flexibility index (Phi) is 7.26. The zero-order valence-corrected chi connectivity index (χ0v) is 19.8. The maximum Gasteiger partial charge on any atom is 0.416 e. The number of pyridine rings is 1. The van der Waals surface area contributed by atoms with Crippen molar-refractivity contribution in [2.45, 2.75) is 36.8 Å². The van der Waals surface area contributed by atoms with Gasteiger partial charge in [0.1, 0.15) is 23.1 Å². The van der Waals surface area contributed by atoms with Gasteiger partial charge in [0.05, 0.1) is 17.7 Å². The Morgan fingerprint density at radius 3 is 2.44 bits per heavy atom. The second-order valence-electron chi connectivity index (χ2n) is 8.21. The van der Waals surface area contributed by atoms with Crippen LogP contribution in [-0.2, 0) is 46.2 Å². The number of carbonyl (C=O) groups is 3. The number of thioether (sulfide) groups is 1. The van der Waals surface area contributed by atoms with E-state index in [-0.39, 0.29) is 24.8 Å². The van der Waals surface area contributed by atoms with Crippen LogP contribution in [0.25, 0.3) is 0 Å². The van der Waals surface area contributed by atoms with Crippen molar-refractivity contribution in [3.8, 4) is 11.5 Å². The highest BCUT2D eigenvalue weighted by Crippen LogP contribution is 2.34. The van der Waals surface area contributed by atoms with Crippen molar-refractivity contribution in [2.75, 3.05) is 6.26 Å². The van der Waals surface area contributed by atoms with Crippen LogP contribution in [0.1, 0.15) is 27.9 Å². The zero-order chi connectivity index (χ0) is 26.0. The molecule has 0 atom stereocenters. The minimum absolute atomic E-state index is 0.0745. The predicted molar refractivity (Wildman–Crippen MR) is 124 cm³/mol. The van der Waals surface area contributed by atoms with E-state index in [0.717, 1.165) is 0 Å². The number of nitrogens with zero attached hydrogens (tertiary/aromatic N) is 1. The lowest BCUT2D eigenvalue weighted by Gasteiger charge is -2.18. The molecule has 0 spiro atoms. The van der Waals surface area contributed by atoms with Crippen LogP contribution >= 0.6 is 11.8 Å². The van der Waals surface area contributed by atoms with Crippen LogP contribution in [0.5, 0.6) is 11.5 Å². The summed E-state index contributed by atoms with van der Waals surface area (Å²) in [5.41, 5.74) is 0.338. The van der Waals surface area contributed by atoms with Crippen molar-refractivity contribution in [2.24, 2.45) is 0 Å². The number of hydrogen-bond donors (Lipinski definition) is 0. The van der Waals surface area contributed by atoms with Crippen molar-refractivity contribution < 1.29 is 36.7 Å². The highest BCUT2D eigenvalue weighted by atomic mass is 32.2. The Labute approximate surface area is 207 Å². The quantitative estimate of drug-likeness (QED) is 0.239. The highest BCUT2D eigenvalue weighted by Gasteiger charge is 2.31. The maximum absolute atomic E-state index is 14.0. The molecule has 0 bridgehead atoms. The van der Waals surface area contributed by atoms with Gasteiger partial charge in [-0.2, -0.15) is 13.2 Å². The number of benzene rings is 2. The van der Waals surface area contributed by atoms with Gasteiger partial charge in [0.2, 0.25) is 11.6 Å². The van der Waals surface area contributed by atoms with Crippen LogP contribution in [-0.4, -0.2) is 28.6 Å². The largest absolute Gasteiger partial charge is 0.457 e. The van der Waals surface area contributed by atoms with Crippen LogP contribution in [0.4, 0.5) is 17.6 Å². The second kappa shape index (κ2) is 10.2. The van der Waals surface area contributed by atoms with Gasteiger partial charge in [-0.25, -0.2) is 4.39 Å². The summed E-state index contributed by atoms with van der Waals surface area (Å²) in [5, 5.41) is 0. The van der Waals surface area contributed by atoms with E-state index in [1.807, 2.05) is 0 Å². The number of Topliss-reactive ketones (excluding diaryl/α,β-unsaturated/α-hetero) is 3. The minimum atomic E-state index is -4.63. The van der Waals surface area contributed by atoms with Gasteiger partial charge in [-0.05, 0) is 53.8 Å². The molecule has 0 radical (unpaired) electrons. The third kappa shape index (κ3) is 5.64. The van der Waals surface area contributed by atoms with Gasteiger partial charge in [0, 0.05) is 35.9 Å². The average molecular weight is 518 g/mol. The molecule has 0 N–H and O–H groups in total. The lowest BCUT2D eigenvalue weighted by molar-refractivity contribution is -0.137. The van der Waals surface area contributed by atoms with E-state index >= 15 is 0 Å². The fraction of sp³-hybridized carbons (Fsp3) is 0.231. The van der Waals surface area contributed by atoms with Crippen molar-refractivity contribution in [1.29, 1.82) is 0 Å². The van der Waals surface area contributed by atoms with Gasteiger partial charge in [-0.3, -0.25) is 19.4 Å². The molecule has 1 aromatic heterocycles. The summed E-state index contributed by atoms with van der Waals surface area (Å²) in [6.45, 7) is 0. The van der Waals surface area contributed by atoms with Crippen molar-refractivity contribution in [3.63, 3.8) is 0 Å². The lowest BCUT2D eigenvalue weighted by Crippen LogP contribution is -2.26. The number of rotatable bonds is 7. The average Bonchev–Trinajstić information content (AvgIpc) is 2.82. The Balaban J connectivity index is 1.51. The molecule has 1 aliphatic rings. The zero-order valence-electron chi connectivity index (χ0n) is 18.9. The Morgan fingerprint density at radius 1 is 1.00 bits per heavy atom. The number of halogens is 4. The summed E-state index contributed by atoms with van der Waals surface area (Å²) in [6.07, 6.45) is -2.10. The van der Waals surface area contributed by atoms with Gasteiger partial charge >= 0.3 is 6.18 Å². The smallest absolute Gasteiger partial charge is 0.416 e. The molecule has 186 valence electrons. The molecule has 0 unspecified atom stereocenters. The first kappa shape index (κ1) is 25.6. The van der Waals surface area contributed by atoms with Gasteiger partial charge < -0.3 is 4.74 Å². The molecule has 5 nitrogen and oxygen atoms in total. The molecule has 0 saturated heterocycles. The number of aromatic nitrogens is 1. The van der Waals surface area contributed by atoms with Gasteiger partial charge in [-0.15, -0.1) is 11.8 Å². The van der Waals surface area contributed by atoms with E-state index in [4.69, 9.17) is 4.74 Å². The predicted octanol–water partition coefficient (Wildman–Crippen LogP) is 5.34. The van der Waals surface area contributed by atoms with Gasteiger partial charge in [0.15, 0.2) is 0 Å². The second-order valence-corrected chi connectivity index (χ2v) is 9.05. The van der Waals surface area contributed by atoms with Crippen LogP contribution in [0, 0.1) is 5.82 Å². The molecular formula is C26H19F4NO4S. The van der Waals surface area contributed by atoms with E-state index in [1.54, 1.807) is 30.5 Å². The number of ether oxygens (including phenoxy) is 1.